The van der Waals surface area contributed by atoms with Gasteiger partial charge < -0.3 is 5.32 Å². The molecule has 1 amide bonds. The lowest BCUT2D eigenvalue weighted by Crippen LogP contribution is -2.40. The monoisotopic (exact) mass is 296 g/mol. The van der Waals surface area contributed by atoms with Gasteiger partial charge in [-0.2, -0.15) is 0 Å². The first-order valence-corrected chi connectivity index (χ1v) is 7.67. The Morgan fingerprint density at radius 3 is 2.55 bits per heavy atom. The van der Waals surface area contributed by atoms with E-state index in [4.69, 9.17) is 0 Å². The van der Waals surface area contributed by atoms with E-state index in [9.17, 15) is 13.2 Å². The van der Waals surface area contributed by atoms with Crippen molar-refractivity contribution in [3.05, 3.63) is 42.5 Å². The molecule has 0 unspecified atom stereocenters. The largest absolute Gasteiger partial charge is 0.347 e. The second-order valence-electron chi connectivity index (χ2n) is 5.37. The minimum absolute atomic E-state index is 0.0564. The van der Waals surface area contributed by atoms with Crippen molar-refractivity contribution >= 4 is 15.9 Å². The van der Waals surface area contributed by atoms with Gasteiger partial charge in [0.05, 0.1) is 4.90 Å². The summed E-state index contributed by atoms with van der Waals surface area (Å²) in [5.74, 6) is -0.307. The summed E-state index contributed by atoms with van der Waals surface area (Å²) < 4.78 is 26.3. The number of carbonyl (C=O) groups is 1. The van der Waals surface area contributed by atoms with Gasteiger partial charge in [0.1, 0.15) is 0 Å². The summed E-state index contributed by atoms with van der Waals surface area (Å²) >= 11 is 0. The number of carbonyl (C=O) groups excluding carboxylic acids is 1. The number of amides is 1. The van der Waals surface area contributed by atoms with Gasteiger partial charge in [-0.1, -0.05) is 12.1 Å². The molecule has 0 aliphatic heterocycles. The van der Waals surface area contributed by atoms with Gasteiger partial charge in [-0.15, -0.1) is 6.58 Å². The highest BCUT2D eigenvalue weighted by Gasteiger charge is 2.18. The van der Waals surface area contributed by atoms with Crippen LogP contribution in [0.3, 0.4) is 0 Å². The molecule has 1 rings (SSSR count). The van der Waals surface area contributed by atoms with Crippen molar-refractivity contribution in [2.75, 3.05) is 6.54 Å². The lowest BCUT2D eigenvalue weighted by Gasteiger charge is -2.20. The Kier molecular flexibility index (Phi) is 5.08. The third-order valence-corrected chi connectivity index (χ3v) is 3.73. The molecule has 0 bridgehead atoms. The van der Waals surface area contributed by atoms with Crippen molar-refractivity contribution in [3.8, 4) is 0 Å². The Morgan fingerprint density at radius 1 is 1.35 bits per heavy atom. The van der Waals surface area contributed by atoms with Crippen LogP contribution >= 0.6 is 0 Å². The van der Waals surface area contributed by atoms with E-state index in [1.807, 2.05) is 20.8 Å². The van der Waals surface area contributed by atoms with Gasteiger partial charge in [-0.25, -0.2) is 13.1 Å². The molecule has 6 heteroatoms. The maximum atomic E-state index is 12.0. The summed E-state index contributed by atoms with van der Waals surface area (Å²) in [5.41, 5.74) is -0.0750. The Hall–Kier alpha value is -1.66. The average molecular weight is 296 g/mol. The summed E-state index contributed by atoms with van der Waals surface area (Å²) in [5, 5.41) is 2.79. The zero-order valence-corrected chi connectivity index (χ0v) is 12.8. The van der Waals surface area contributed by atoms with Crippen LogP contribution in [-0.2, 0) is 10.0 Å². The number of benzene rings is 1. The molecule has 0 aliphatic carbocycles. The van der Waals surface area contributed by atoms with Crippen LogP contribution in [0, 0.1) is 0 Å². The van der Waals surface area contributed by atoms with Gasteiger partial charge in [0.25, 0.3) is 5.91 Å². The van der Waals surface area contributed by atoms with Crippen molar-refractivity contribution in [2.24, 2.45) is 0 Å². The minimum Gasteiger partial charge on any atom is -0.347 e. The van der Waals surface area contributed by atoms with E-state index in [0.717, 1.165) is 0 Å². The zero-order chi connectivity index (χ0) is 15.4. The van der Waals surface area contributed by atoms with E-state index >= 15 is 0 Å². The summed E-state index contributed by atoms with van der Waals surface area (Å²) in [6, 6.07) is 5.92. The van der Waals surface area contributed by atoms with Crippen molar-refractivity contribution in [3.63, 3.8) is 0 Å². The Balaban J connectivity index is 3.02. The maximum absolute atomic E-state index is 12.0. The van der Waals surface area contributed by atoms with Crippen LogP contribution in [0.25, 0.3) is 0 Å². The van der Waals surface area contributed by atoms with Crippen LogP contribution < -0.4 is 10.0 Å². The number of sulfonamides is 1. The predicted octanol–water partition coefficient (Wildman–Crippen LogP) is 1.68. The smallest absolute Gasteiger partial charge is 0.251 e. The highest BCUT2D eigenvalue weighted by atomic mass is 32.2. The molecule has 0 aliphatic rings. The van der Waals surface area contributed by atoms with Gasteiger partial charge >= 0.3 is 0 Å². The molecule has 20 heavy (non-hydrogen) atoms. The fourth-order valence-electron chi connectivity index (χ4n) is 1.47. The van der Waals surface area contributed by atoms with Gasteiger partial charge in [0.15, 0.2) is 0 Å². The molecule has 1 aromatic rings. The number of hydrogen-bond donors (Lipinski definition) is 2. The highest BCUT2D eigenvalue weighted by Crippen LogP contribution is 2.12. The van der Waals surface area contributed by atoms with Crippen LogP contribution in [-0.4, -0.2) is 26.4 Å². The zero-order valence-electron chi connectivity index (χ0n) is 11.9. The molecule has 0 atom stereocenters. The molecule has 0 saturated carbocycles. The van der Waals surface area contributed by atoms with Crippen molar-refractivity contribution < 1.29 is 13.2 Å². The molecule has 5 nitrogen and oxygen atoms in total. The molecule has 2 N–H and O–H groups in total. The standard InChI is InChI=1S/C14H20N2O3S/c1-5-9-15-20(18,19)12-8-6-7-11(10-12)13(17)16-14(2,3)4/h5-8,10,15H,1,9H2,2-4H3,(H,16,17). The lowest BCUT2D eigenvalue weighted by molar-refractivity contribution is 0.0919. The quantitative estimate of drug-likeness (QED) is 0.812. The summed E-state index contributed by atoms with van der Waals surface area (Å²) in [4.78, 5) is 12.1. The van der Waals surface area contributed by atoms with E-state index in [1.165, 1.54) is 18.2 Å². The van der Waals surface area contributed by atoms with Gasteiger partial charge in [0.2, 0.25) is 10.0 Å². The van der Waals surface area contributed by atoms with Crippen LogP contribution in [0.15, 0.2) is 41.8 Å². The normalized spacial score (nSPS) is 11.9. The highest BCUT2D eigenvalue weighted by molar-refractivity contribution is 7.89. The summed E-state index contributed by atoms with van der Waals surface area (Å²) in [6.45, 7) is 9.17. The SMILES string of the molecule is C=CCNS(=O)(=O)c1cccc(C(=O)NC(C)(C)C)c1. The van der Waals surface area contributed by atoms with E-state index in [0.29, 0.717) is 5.56 Å². The first-order valence-electron chi connectivity index (χ1n) is 6.19. The molecule has 1 aromatic carbocycles. The van der Waals surface area contributed by atoms with Crippen LogP contribution in [0.2, 0.25) is 0 Å². The number of nitrogens with one attached hydrogen (secondary N) is 2. The fourth-order valence-corrected chi connectivity index (χ4v) is 2.51. The molecule has 0 spiro atoms. The van der Waals surface area contributed by atoms with Crippen molar-refractivity contribution in [1.82, 2.24) is 10.0 Å². The second-order valence-corrected chi connectivity index (χ2v) is 7.14. The molecule has 0 heterocycles. The Bertz CT molecular complexity index is 601. The topological polar surface area (TPSA) is 75.3 Å². The Labute approximate surface area is 120 Å². The van der Waals surface area contributed by atoms with Crippen molar-refractivity contribution in [1.29, 1.82) is 0 Å². The van der Waals surface area contributed by atoms with Crippen LogP contribution in [0.1, 0.15) is 31.1 Å². The summed E-state index contributed by atoms with van der Waals surface area (Å²) in [7, 11) is -3.62. The third kappa shape index (κ3) is 4.79. The van der Waals surface area contributed by atoms with Crippen molar-refractivity contribution in [2.45, 2.75) is 31.2 Å². The molecule has 0 saturated heterocycles. The van der Waals surface area contributed by atoms with Gasteiger partial charge in [0, 0.05) is 17.6 Å². The molecule has 0 fully saturated rings. The maximum Gasteiger partial charge on any atom is 0.251 e. The lowest BCUT2D eigenvalue weighted by atomic mass is 10.1. The van der Waals surface area contributed by atoms with E-state index in [2.05, 4.69) is 16.6 Å². The van der Waals surface area contributed by atoms with Crippen LogP contribution in [0.5, 0.6) is 0 Å². The first-order chi connectivity index (χ1) is 9.15. The molecular formula is C14H20N2O3S. The number of rotatable bonds is 5. The fraction of sp³-hybridized carbons (Fsp3) is 0.357. The second kappa shape index (κ2) is 6.19. The molecular weight excluding hydrogens is 276 g/mol. The van der Waals surface area contributed by atoms with Gasteiger partial charge in [-0.05, 0) is 39.0 Å². The predicted molar refractivity (Wildman–Crippen MR) is 79.0 cm³/mol. The third-order valence-electron chi connectivity index (χ3n) is 2.31. The molecule has 110 valence electrons. The Morgan fingerprint density at radius 2 is 2.00 bits per heavy atom. The molecule has 0 aromatic heterocycles. The van der Waals surface area contributed by atoms with E-state index < -0.39 is 10.0 Å². The van der Waals surface area contributed by atoms with E-state index in [1.54, 1.807) is 12.1 Å². The number of hydrogen-bond acceptors (Lipinski definition) is 3. The summed E-state index contributed by atoms with van der Waals surface area (Å²) in [6.07, 6.45) is 1.45. The minimum atomic E-state index is -3.62. The average Bonchev–Trinajstić information content (AvgIpc) is 2.34. The first kappa shape index (κ1) is 16.4. The van der Waals surface area contributed by atoms with Gasteiger partial charge in [-0.3, -0.25) is 4.79 Å². The van der Waals surface area contributed by atoms with E-state index in [-0.39, 0.29) is 22.9 Å². The molecule has 0 radical (unpaired) electrons. The van der Waals surface area contributed by atoms with Crippen LogP contribution in [0.4, 0.5) is 0 Å².